The molecule has 1 aliphatic carbocycles. The second kappa shape index (κ2) is 8.41. The van der Waals surface area contributed by atoms with Gasteiger partial charge in [0, 0.05) is 0 Å². The Balaban J connectivity index is 1.75. The lowest BCUT2D eigenvalue weighted by atomic mass is 9.74. The van der Waals surface area contributed by atoms with Gasteiger partial charge in [-0.25, -0.2) is 4.39 Å². The molecule has 118 valence electrons. The number of hydrogen-bond donors (Lipinski definition) is 0. The van der Waals surface area contributed by atoms with E-state index in [9.17, 15) is 4.39 Å². The highest BCUT2D eigenvalue weighted by Crippen LogP contribution is 2.36. The first-order valence-electron chi connectivity index (χ1n) is 8.51. The summed E-state index contributed by atoms with van der Waals surface area (Å²) in [6.07, 6.45) is 6.09. The summed E-state index contributed by atoms with van der Waals surface area (Å²) in [7, 11) is 0. The minimum absolute atomic E-state index is 0.184. The van der Waals surface area contributed by atoms with Gasteiger partial charge in [0.15, 0.2) is 0 Å². The molecule has 0 amide bonds. The first kappa shape index (κ1) is 16.3. The largest absolute Gasteiger partial charge is 0.491 e. The Labute approximate surface area is 128 Å². The van der Waals surface area contributed by atoms with E-state index >= 15 is 0 Å². The van der Waals surface area contributed by atoms with Crippen molar-refractivity contribution in [3.05, 3.63) is 30.3 Å². The van der Waals surface area contributed by atoms with Crippen LogP contribution in [0.4, 0.5) is 4.39 Å². The Morgan fingerprint density at radius 2 is 1.81 bits per heavy atom. The zero-order chi connectivity index (χ0) is 15.1. The van der Waals surface area contributed by atoms with Crippen molar-refractivity contribution in [2.45, 2.75) is 58.5 Å². The third-order valence-corrected chi connectivity index (χ3v) is 4.98. The molecule has 0 N–H and O–H groups in total. The van der Waals surface area contributed by atoms with Gasteiger partial charge in [-0.15, -0.1) is 0 Å². The van der Waals surface area contributed by atoms with Gasteiger partial charge in [0.2, 0.25) is 0 Å². The third kappa shape index (κ3) is 5.33. The summed E-state index contributed by atoms with van der Waals surface area (Å²) in [6, 6.07) is 9.54. The average molecular weight is 292 g/mol. The maximum atomic E-state index is 14.2. The van der Waals surface area contributed by atoms with Gasteiger partial charge in [-0.3, -0.25) is 0 Å². The molecule has 2 heteroatoms. The van der Waals surface area contributed by atoms with Gasteiger partial charge in [-0.1, -0.05) is 51.3 Å². The topological polar surface area (TPSA) is 9.23 Å². The molecule has 1 saturated carbocycles. The van der Waals surface area contributed by atoms with Crippen LogP contribution < -0.4 is 4.74 Å². The van der Waals surface area contributed by atoms with Gasteiger partial charge < -0.3 is 4.74 Å². The monoisotopic (exact) mass is 292 g/mol. The number of ether oxygens (including phenoxy) is 1. The highest BCUT2D eigenvalue weighted by Gasteiger charge is 2.27. The van der Waals surface area contributed by atoms with E-state index in [1.807, 2.05) is 30.3 Å². The van der Waals surface area contributed by atoms with Crippen molar-refractivity contribution in [3.8, 4) is 5.75 Å². The molecule has 2 rings (SSSR count). The van der Waals surface area contributed by atoms with Crippen LogP contribution in [0, 0.1) is 17.8 Å². The highest BCUT2D eigenvalue weighted by atomic mass is 19.1. The summed E-state index contributed by atoms with van der Waals surface area (Å²) in [4.78, 5) is 0. The Kier molecular flexibility index (Phi) is 6.53. The Morgan fingerprint density at radius 1 is 1.14 bits per heavy atom. The lowest BCUT2D eigenvalue weighted by molar-refractivity contribution is 0.126. The molecule has 2 unspecified atom stereocenters. The predicted octanol–water partition coefficient (Wildman–Crippen LogP) is 5.65. The van der Waals surface area contributed by atoms with Crippen molar-refractivity contribution >= 4 is 0 Å². The lowest BCUT2D eigenvalue weighted by Crippen LogP contribution is -2.25. The van der Waals surface area contributed by atoms with Gasteiger partial charge in [-0.2, -0.15) is 0 Å². The highest BCUT2D eigenvalue weighted by molar-refractivity contribution is 5.20. The maximum absolute atomic E-state index is 14.2. The van der Waals surface area contributed by atoms with Gasteiger partial charge in [-0.05, 0) is 49.1 Å². The van der Waals surface area contributed by atoms with Crippen LogP contribution >= 0.6 is 0 Å². The maximum Gasteiger partial charge on any atom is 0.134 e. The standard InChI is InChI=1S/C19H29FO/c1-3-16(17-11-9-15(2)10-12-17)13-18(20)14-21-19-7-5-4-6-8-19/h4-8,15-18H,3,9-14H2,1-2H3. The smallest absolute Gasteiger partial charge is 0.134 e. The van der Waals surface area contributed by atoms with Crippen LogP contribution in [-0.4, -0.2) is 12.8 Å². The van der Waals surface area contributed by atoms with E-state index in [2.05, 4.69) is 13.8 Å². The summed E-state index contributed by atoms with van der Waals surface area (Å²) >= 11 is 0. The zero-order valence-electron chi connectivity index (χ0n) is 13.4. The van der Waals surface area contributed by atoms with Crippen molar-refractivity contribution in [2.75, 3.05) is 6.61 Å². The van der Waals surface area contributed by atoms with Gasteiger partial charge >= 0.3 is 0 Å². The quantitative estimate of drug-likeness (QED) is 0.631. The summed E-state index contributed by atoms with van der Waals surface area (Å²) in [6.45, 7) is 4.72. The van der Waals surface area contributed by atoms with Crippen LogP contribution in [0.25, 0.3) is 0 Å². The predicted molar refractivity (Wildman–Crippen MR) is 86.4 cm³/mol. The molecule has 0 heterocycles. The molecule has 0 aromatic heterocycles. The molecular weight excluding hydrogens is 263 g/mol. The fourth-order valence-electron chi connectivity index (χ4n) is 3.55. The Bertz CT molecular complexity index is 384. The van der Waals surface area contributed by atoms with E-state index in [1.165, 1.54) is 25.7 Å². The minimum Gasteiger partial charge on any atom is -0.491 e. The molecule has 2 atom stereocenters. The van der Waals surface area contributed by atoms with E-state index in [0.29, 0.717) is 12.3 Å². The first-order chi connectivity index (χ1) is 10.2. The zero-order valence-corrected chi connectivity index (χ0v) is 13.4. The Hall–Kier alpha value is -1.05. The van der Waals surface area contributed by atoms with E-state index in [1.54, 1.807) is 0 Å². The second-order valence-corrected chi connectivity index (χ2v) is 6.65. The van der Waals surface area contributed by atoms with E-state index in [0.717, 1.165) is 24.0 Å². The van der Waals surface area contributed by atoms with Crippen LogP contribution in [0.3, 0.4) is 0 Å². The fraction of sp³-hybridized carbons (Fsp3) is 0.684. The molecule has 1 fully saturated rings. The summed E-state index contributed by atoms with van der Waals surface area (Å²) in [5.41, 5.74) is 0. The molecular formula is C19H29FO. The van der Waals surface area contributed by atoms with Crippen LogP contribution in [0.5, 0.6) is 5.75 Å². The molecule has 1 aromatic rings. The molecule has 0 radical (unpaired) electrons. The molecule has 21 heavy (non-hydrogen) atoms. The third-order valence-electron chi connectivity index (χ3n) is 4.98. The minimum atomic E-state index is -0.852. The SMILES string of the molecule is CCC(CC(F)COc1ccccc1)C1CCC(C)CC1. The van der Waals surface area contributed by atoms with Crippen molar-refractivity contribution < 1.29 is 9.13 Å². The number of benzene rings is 1. The molecule has 1 nitrogen and oxygen atoms in total. The van der Waals surface area contributed by atoms with Crippen molar-refractivity contribution in [3.63, 3.8) is 0 Å². The normalized spacial score (nSPS) is 25.3. The van der Waals surface area contributed by atoms with Gasteiger partial charge in [0.1, 0.15) is 18.5 Å². The number of halogens is 1. The van der Waals surface area contributed by atoms with Crippen molar-refractivity contribution in [1.29, 1.82) is 0 Å². The van der Waals surface area contributed by atoms with Crippen LogP contribution in [-0.2, 0) is 0 Å². The van der Waals surface area contributed by atoms with Crippen LogP contribution in [0.1, 0.15) is 52.4 Å². The number of hydrogen-bond acceptors (Lipinski definition) is 1. The van der Waals surface area contributed by atoms with E-state index in [-0.39, 0.29) is 6.61 Å². The van der Waals surface area contributed by atoms with Crippen LogP contribution in [0.15, 0.2) is 30.3 Å². The van der Waals surface area contributed by atoms with Gasteiger partial charge in [0.25, 0.3) is 0 Å². The fourth-order valence-corrected chi connectivity index (χ4v) is 3.55. The molecule has 1 aliphatic rings. The number of rotatable bonds is 7. The van der Waals surface area contributed by atoms with E-state index < -0.39 is 6.17 Å². The lowest BCUT2D eigenvalue weighted by Gasteiger charge is -2.33. The number of alkyl halides is 1. The summed E-state index contributed by atoms with van der Waals surface area (Å²) in [5.74, 6) is 2.87. The Morgan fingerprint density at radius 3 is 2.43 bits per heavy atom. The molecule has 0 aliphatic heterocycles. The number of para-hydroxylation sites is 1. The second-order valence-electron chi connectivity index (χ2n) is 6.65. The van der Waals surface area contributed by atoms with Crippen molar-refractivity contribution in [2.24, 2.45) is 17.8 Å². The molecule has 0 bridgehead atoms. The average Bonchev–Trinajstić information content (AvgIpc) is 2.52. The van der Waals surface area contributed by atoms with Crippen molar-refractivity contribution in [1.82, 2.24) is 0 Å². The summed E-state index contributed by atoms with van der Waals surface area (Å²) < 4.78 is 19.8. The van der Waals surface area contributed by atoms with Gasteiger partial charge in [0.05, 0.1) is 0 Å². The molecule has 1 aromatic carbocycles. The first-order valence-corrected chi connectivity index (χ1v) is 8.51. The van der Waals surface area contributed by atoms with Crippen LogP contribution in [0.2, 0.25) is 0 Å². The summed E-state index contributed by atoms with van der Waals surface area (Å²) in [5, 5.41) is 0. The molecule has 0 spiro atoms. The molecule has 0 saturated heterocycles. The van der Waals surface area contributed by atoms with E-state index in [4.69, 9.17) is 4.74 Å².